The fourth-order valence-corrected chi connectivity index (χ4v) is 2.88. The Morgan fingerprint density at radius 3 is 2.50 bits per heavy atom. The van der Waals surface area contributed by atoms with Crippen LogP contribution in [0.4, 0.5) is 0 Å². The number of carbonyl (C=O) groups is 1. The number of aliphatic imine (C=N–C) groups is 1. The van der Waals surface area contributed by atoms with Crippen LogP contribution >= 0.6 is 24.0 Å². The van der Waals surface area contributed by atoms with Crippen LogP contribution in [0.15, 0.2) is 23.2 Å². The van der Waals surface area contributed by atoms with E-state index in [1.54, 1.807) is 14.0 Å². The molecule has 0 saturated carbocycles. The highest BCUT2D eigenvalue weighted by atomic mass is 127. The summed E-state index contributed by atoms with van der Waals surface area (Å²) in [6, 6.07) is 5.72. The number of benzene rings is 1. The molecule has 2 rings (SSSR count). The minimum Gasteiger partial charge on any atom is -0.493 e. The number of guanidine groups is 1. The lowest BCUT2D eigenvalue weighted by Crippen LogP contribution is -2.53. The summed E-state index contributed by atoms with van der Waals surface area (Å²) in [5.74, 6) is 4.69. The van der Waals surface area contributed by atoms with Crippen LogP contribution in [-0.4, -0.2) is 68.1 Å². The van der Waals surface area contributed by atoms with Gasteiger partial charge in [-0.15, -0.1) is 30.4 Å². The zero-order chi connectivity index (χ0) is 19.6. The average molecular weight is 500 g/mol. The summed E-state index contributed by atoms with van der Waals surface area (Å²) >= 11 is 0. The molecule has 1 heterocycles. The van der Waals surface area contributed by atoms with E-state index < -0.39 is 0 Å². The molecule has 7 nitrogen and oxygen atoms in total. The van der Waals surface area contributed by atoms with Crippen molar-refractivity contribution in [3.05, 3.63) is 23.8 Å². The highest BCUT2D eigenvalue weighted by Crippen LogP contribution is 2.28. The van der Waals surface area contributed by atoms with Crippen molar-refractivity contribution in [3.8, 4) is 23.8 Å². The first-order chi connectivity index (χ1) is 13.1. The molecule has 1 fully saturated rings. The molecule has 0 radical (unpaired) electrons. The van der Waals surface area contributed by atoms with Crippen LogP contribution in [-0.2, 0) is 11.3 Å². The number of rotatable bonds is 6. The van der Waals surface area contributed by atoms with E-state index in [1.165, 1.54) is 0 Å². The van der Waals surface area contributed by atoms with Gasteiger partial charge in [0.25, 0.3) is 0 Å². The predicted molar refractivity (Wildman–Crippen MR) is 121 cm³/mol. The van der Waals surface area contributed by atoms with Gasteiger partial charge in [0.1, 0.15) is 6.61 Å². The molecule has 1 aliphatic rings. The van der Waals surface area contributed by atoms with Gasteiger partial charge < -0.3 is 24.6 Å². The molecule has 154 valence electrons. The molecule has 1 saturated heterocycles. The Hall–Kier alpha value is -2.15. The summed E-state index contributed by atoms with van der Waals surface area (Å²) in [5.41, 5.74) is 1.00. The molecular formula is C20H29IN4O3. The minimum atomic E-state index is 0. The van der Waals surface area contributed by atoms with E-state index >= 15 is 0 Å². The smallest absolute Gasteiger partial charge is 0.219 e. The maximum atomic E-state index is 11.5. The first-order valence-electron chi connectivity index (χ1n) is 9.11. The Balaban J connectivity index is 0.00000392. The van der Waals surface area contributed by atoms with Crippen molar-refractivity contribution in [1.29, 1.82) is 0 Å². The first kappa shape index (κ1) is 23.9. The zero-order valence-electron chi connectivity index (χ0n) is 16.7. The number of hydrogen-bond acceptors (Lipinski definition) is 4. The van der Waals surface area contributed by atoms with E-state index in [0.717, 1.165) is 31.2 Å². The van der Waals surface area contributed by atoms with E-state index in [-0.39, 0.29) is 36.5 Å². The monoisotopic (exact) mass is 500 g/mol. The Labute approximate surface area is 184 Å². The van der Waals surface area contributed by atoms with Gasteiger partial charge in [-0.3, -0.25) is 4.79 Å². The Kier molecular flexibility index (Phi) is 10.5. The normalized spacial score (nSPS) is 14.0. The number of carbonyl (C=O) groups excluding carboxylic acids is 1. The molecule has 1 aromatic rings. The summed E-state index contributed by atoms with van der Waals surface area (Å²) in [6.45, 7) is 8.09. The quantitative estimate of drug-likeness (QED) is 0.280. The number of piperazine rings is 1. The van der Waals surface area contributed by atoms with E-state index in [0.29, 0.717) is 31.1 Å². The zero-order valence-corrected chi connectivity index (χ0v) is 19.1. The number of ether oxygens (including phenoxy) is 2. The fourth-order valence-electron chi connectivity index (χ4n) is 2.88. The van der Waals surface area contributed by atoms with Crippen molar-refractivity contribution in [1.82, 2.24) is 15.1 Å². The SMILES string of the molecule is C#CCOc1cc(CN=C(NCC)N2CCN(C(C)=O)CC2)ccc1OC.I. The second-order valence-electron chi connectivity index (χ2n) is 6.14. The number of halogens is 1. The van der Waals surface area contributed by atoms with Crippen molar-refractivity contribution < 1.29 is 14.3 Å². The Morgan fingerprint density at radius 1 is 1.25 bits per heavy atom. The van der Waals surface area contributed by atoms with Gasteiger partial charge in [0.15, 0.2) is 17.5 Å². The number of terminal acetylenes is 1. The topological polar surface area (TPSA) is 66.4 Å². The van der Waals surface area contributed by atoms with Crippen molar-refractivity contribution in [3.63, 3.8) is 0 Å². The summed E-state index contributed by atoms with van der Waals surface area (Å²) < 4.78 is 10.9. The number of hydrogen-bond donors (Lipinski definition) is 1. The number of amides is 1. The van der Waals surface area contributed by atoms with E-state index in [2.05, 4.69) is 16.1 Å². The van der Waals surface area contributed by atoms with Crippen LogP contribution < -0.4 is 14.8 Å². The van der Waals surface area contributed by atoms with E-state index in [4.69, 9.17) is 20.9 Å². The molecule has 0 bridgehead atoms. The molecule has 1 amide bonds. The lowest BCUT2D eigenvalue weighted by molar-refractivity contribution is -0.130. The molecule has 1 N–H and O–H groups in total. The second kappa shape index (κ2) is 12.3. The summed E-state index contributed by atoms with van der Waals surface area (Å²) in [6.07, 6.45) is 5.27. The highest BCUT2D eigenvalue weighted by Gasteiger charge is 2.20. The summed E-state index contributed by atoms with van der Waals surface area (Å²) in [5, 5.41) is 3.33. The molecule has 8 heteroatoms. The van der Waals surface area contributed by atoms with Gasteiger partial charge >= 0.3 is 0 Å². The number of nitrogens with zero attached hydrogens (tertiary/aromatic N) is 3. The van der Waals surface area contributed by atoms with Crippen molar-refractivity contribution in [2.24, 2.45) is 4.99 Å². The molecule has 0 spiro atoms. The van der Waals surface area contributed by atoms with Crippen LogP contribution in [0.25, 0.3) is 0 Å². The van der Waals surface area contributed by atoms with Crippen molar-refractivity contribution in [2.75, 3.05) is 46.4 Å². The van der Waals surface area contributed by atoms with Crippen LogP contribution in [0.5, 0.6) is 11.5 Å². The molecule has 0 atom stereocenters. The highest BCUT2D eigenvalue weighted by molar-refractivity contribution is 14.0. The standard InChI is InChI=1S/C20H28N4O3.HI/c1-5-13-27-19-14-17(7-8-18(19)26-4)15-22-20(21-6-2)24-11-9-23(10-12-24)16(3)25;/h1,7-8,14H,6,9-13,15H2,2-4H3,(H,21,22);1H. The molecular weight excluding hydrogens is 471 g/mol. The Morgan fingerprint density at radius 2 is 1.93 bits per heavy atom. The third-order valence-electron chi connectivity index (χ3n) is 4.31. The first-order valence-corrected chi connectivity index (χ1v) is 9.11. The number of nitrogens with one attached hydrogen (secondary N) is 1. The van der Waals surface area contributed by atoms with Crippen molar-refractivity contribution in [2.45, 2.75) is 20.4 Å². The minimum absolute atomic E-state index is 0. The van der Waals surface area contributed by atoms with Crippen LogP contribution in [0.1, 0.15) is 19.4 Å². The maximum Gasteiger partial charge on any atom is 0.219 e. The molecule has 1 aliphatic heterocycles. The third kappa shape index (κ3) is 6.78. The van der Waals surface area contributed by atoms with Gasteiger partial charge in [-0.2, -0.15) is 0 Å². The van der Waals surface area contributed by atoms with Crippen LogP contribution in [0, 0.1) is 12.3 Å². The Bertz CT molecular complexity index is 710. The predicted octanol–water partition coefficient (Wildman–Crippen LogP) is 1.95. The molecule has 0 unspecified atom stereocenters. The molecule has 28 heavy (non-hydrogen) atoms. The van der Waals surface area contributed by atoms with E-state index in [1.807, 2.05) is 30.0 Å². The lowest BCUT2D eigenvalue weighted by atomic mass is 10.2. The van der Waals surface area contributed by atoms with Crippen molar-refractivity contribution >= 4 is 35.8 Å². The maximum absolute atomic E-state index is 11.5. The van der Waals surface area contributed by atoms with Gasteiger partial charge in [0, 0.05) is 39.6 Å². The summed E-state index contributed by atoms with van der Waals surface area (Å²) in [7, 11) is 1.60. The van der Waals surface area contributed by atoms with E-state index in [9.17, 15) is 4.79 Å². The van der Waals surface area contributed by atoms with Gasteiger partial charge in [-0.1, -0.05) is 12.0 Å². The van der Waals surface area contributed by atoms with Crippen LogP contribution in [0.2, 0.25) is 0 Å². The molecule has 1 aromatic carbocycles. The van der Waals surface area contributed by atoms with Gasteiger partial charge in [0.2, 0.25) is 5.91 Å². The largest absolute Gasteiger partial charge is 0.493 e. The van der Waals surface area contributed by atoms with Gasteiger partial charge in [-0.25, -0.2) is 4.99 Å². The second-order valence-corrected chi connectivity index (χ2v) is 6.14. The number of methoxy groups -OCH3 is 1. The van der Waals surface area contributed by atoms with Gasteiger partial charge in [-0.05, 0) is 24.6 Å². The molecule has 0 aliphatic carbocycles. The molecule has 0 aromatic heterocycles. The third-order valence-corrected chi connectivity index (χ3v) is 4.31. The average Bonchev–Trinajstić information content (AvgIpc) is 2.69. The lowest BCUT2D eigenvalue weighted by Gasteiger charge is -2.36. The van der Waals surface area contributed by atoms with Gasteiger partial charge in [0.05, 0.1) is 13.7 Å². The summed E-state index contributed by atoms with van der Waals surface area (Å²) in [4.78, 5) is 20.3. The van der Waals surface area contributed by atoms with Crippen LogP contribution in [0.3, 0.4) is 0 Å². The fraction of sp³-hybridized carbons (Fsp3) is 0.500.